The predicted molar refractivity (Wildman–Crippen MR) is 75.5 cm³/mol. The predicted octanol–water partition coefficient (Wildman–Crippen LogP) is 3.08. The first kappa shape index (κ1) is 13.5. The molecular weight excluding hydrogens is 264 g/mol. The fourth-order valence-corrected chi connectivity index (χ4v) is 1.99. The van der Waals surface area contributed by atoms with Gasteiger partial charge in [-0.15, -0.1) is 0 Å². The molecule has 1 heterocycles. The minimum atomic E-state index is -0.383. The Bertz CT molecular complexity index is 593. The number of rotatable bonds is 4. The summed E-state index contributed by atoms with van der Waals surface area (Å²) in [5.74, 6) is -0.383. The first-order chi connectivity index (χ1) is 9.11. The molecule has 0 amide bonds. The number of esters is 1. The number of anilines is 1. The zero-order valence-electron chi connectivity index (χ0n) is 10.8. The second-order valence-electron chi connectivity index (χ2n) is 4.15. The van der Waals surface area contributed by atoms with Crippen LogP contribution in [-0.4, -0.2) is 17.6 Å². The highest BCUT2D eigenvalue weighted by atomic mass is 35.5. The minimum Gasteiger partial charge on any atom is -0.465 e. The molecule has 1 aromatic heterocycles. The van der Waals surface area contributed by atoms with Gasteiger partial charge in [-0.3, -0.25) is 0 Å². The quantitative estimate of drug-likeness (QED) is 0.874. The van der Waals surface area contributed by atoms with Gasteiger partial charge in [-0.25, -0.2) is 4.79 Å². The van der Waals surface area contributed by atoms with E-state index in [-0.39, 0.29) is 5.97 Å². The average Bonchev–Trinajstić information content (AvgIpc) is 2.81. The Morgan fingerprint density at radius 2 is 2.21 bits per heavy atom. The van der Waals surface area contributed by atoms with Crippen molar-refractivity contribution in [2.45, 2.75) is 6.54 Å². The highest BCUT2D eigenvalue weighted by Crippen LogP contribution is 2.22. The van der Waals surface area contributed by atoms with E-state index >= 15 is 0 Å². The lowest BCUT2D eigenvalue weighted by Gasteiger charge is -2.11. The molecule has 4 nitrogen and oxygen atoms in total. The van der Waals surface area contributed by atoms with Crippen molar-refractivity contribution in [2.75, 3.05) is 12.4 Å². The largest absolute Gasteiger partial charge is 0.465 e. The molecule has 1 aromatic carbocycles. The normalized spacial score (nSPS) is 10.3. The van der Waals surface area contributed by atoms with Gasteiger partial charge in [-0.05, 0) is 30.3 Å². The standard InChI is InChI=1S/C14H15ClN2O2/c1-17-7-3-4-11(17)9-16-13-8-10(15)5-6-12(13)14(18)19-2/h3-8,16H,9H2,1-2H3. The lowest BCUT2D eigenvalue weighted by atomic mass is 10.1. The molecule has 0 aliphatic carbocycles. The summed E-state index contributed by atoms with van der Waals surface area (Å²) >= 11 is 5.96. The van der Waals surface area contributed by atoms with Crippen LogP contribution in [0.25, 0.3) is 0 Å². The van der Waals surface area contributed by atoms with E-state index in [4.69, 9.17) is 16.3 Å². The molecular formula is C14H15ClN2O2. The van der Waals surface area contributed by atoms with Crippen molar-refractivity contribution in [1.29, 1.82) is 0 Å². The van der Waals surface area contributed by atoms with E-state index in [1.807, 2.05) is 29.9 Å². The molecule has 0 saturated carbocycles. The molecule has 2 rings (SSSR count). The first-order valence-electron chi connectivity index (χ1n) is 5.83. The highest BCUT2D eigenvalue weighted by molar-refractivity contribution is 6.31. The van der Waals surface area contributed by atoms with Crippen molar-refractivity contribution in [3.63, 3.8) is 0 Å². The topological polar surface area (TPSA) is 43.3 Å². The second-order valence-corrected chi connectivity index (χ2v) is 4.58. The van der Waals surface area contributed by atoms with Crippen LogP contribution < -0.4 is 5.32 Å². The van der Waals surface area contributed by atoms with Crippen molar-refractivity contribution in [3.8, 4) is 0 Å². The summed E-state index contributed by atoms with van der Waals surface area (Å²) in [5.41, 5.74) is 2.25. The molecule has 0 saturated heterocycles. The van der Waals surface area contributed by atoms with Gasteiger partial charge in [0.05, 0.1) is 24.9 Å². The number of nitrogens with one attached hydrogen (secondary N) is 1. The number of nitrogens with zero attached hydrogens (tertiary/aromatic N) is 1. The summed E-state index contributed by atoms with van der Waals surface area (Å²) in [6, 6.07) is 9.02. The monoisotopic (exact) mass is 278 g/mol. The lowest BCUT2D eigenvalue weighted by Crippen LogP contribution is -2.09. The minimum absolute atomic E-state index is 0.383. The van der Waals surface area contributed by atoms with Gasteiger partial charge in [0, 0.05) is 24.0 Å². The van der Waals surface area contributed by atoms with Crippen molar-refractivity contribution in [3.05, 3.63) is 52.8 Å². The van der Waals surface area contributed by atoms with E-state index in [0.717, 1.165) is 5.69 Å². The van der Waals surface area contributed by atoms with Gasteiger partial charge in [0.1, 0.15) is 0 Å². The van der Waals surface area contributed by atoms with Crippen molar-refractivity contribution >= 4 is 23.3 Å². The summed E-state index contributed by atoms with van der Waals surface area (Å²) < 4.78 is 6.76. The molecule has 0 unspecified atom stereocenters. The third-order valence-electron chi connectivity index (χ3n) is 2.90. The van der Waals surface area contributed by atoms with Crippen molar-refractivity contribution < 1.29 is 9.53 Å². The molecule has 0 atom stereocenters. The van der Waals surface area contributed by atoms with E-state index < -0.39 is 0 Å². The van der Waals surface area contributed by atoms with E-state index in [9.17, 15) is 4.79 Å². The van der Waals surface area contributed by atoms with Crippen LogP contribution in [0, 0.1) is 0 Å². The maximum Gasteiger partial charge on any atom is 0.339 e. The number of aromatic nitrogens is 1. The van der Waals surface area contributed by atoms with E-state index in [2.05, 4.69) is 5.32 Å². The Balaban J connectivity index is 2.21. The number of carbonyl (C=O) groups is 1. The highest BCUT2D eigenvalue weighted by Gasteiger charge is 2.12. The summed E-state index contributed by atoms with van der Waals surface area (Å²) in [6.45, 7) is 0.605. The molecule has 19 heavy (non-hydrogen) atoms. The molecule has 0 spiro atoms. The zero-order valence-corrected chi connectivity index (χ0v) is 11.6. The Labute approximate surface area is 116 Å². The lowest BCUT2D eigenvalue weighted by molar-refractivity contribution is 0.0602. The van der Waals surface area contributed by atoms with Crippen LogP contribution in [0.3, 0.4) is 0 Å². The zero-order chi connectivity index (χ0) is 13.8. The van der Waals surface area contributed by atoms with Gasteiger partial charge in [-0.2, -0.15) is 0 Å². The number of carbonyl (C=O) groups excluding carboxylic acids is 1. The number of benzene rings is 1. The summed E-state index contributed by atoms with van der Waals surface area (Å²) in [5, 5.41) is 3.78. The molecule has 0 aliphatic heterocycles. The summed E-state index contributed by atoms with van der Waals surface area (Å²) in [4.78, 5) is 11.7. The third-order valence-corrected chi connectivity index (χ3v) is 3.13. The van der Waals surface area contributed by atoms with Gasteiger partial charge >= 0.3 is 5.97 Å². The SMILES string of the molecule is COC(=O)c1ccc(Cl)cc1NCc1cccn1C. The van der Waals surface area contributed by atoms with Crippen LogP contribution in [0.2, 0.25) is 5.02 Å². The van der Waals surface area contributed by atoms with Gasteiger partial charge in [-0.1, -0.05) is 11.6 Å². The number of methoxy groups -OCH3 is 1. The Morgan fingerprint density at radius 1 is 1.42 bits per heavy atom. The molecule has 0 radical (unpaired) electrons. The number of ether oxygens (including phenoxy) is 1. The molecule has 0 bridgehead atoms. The molecule has 2 aromatic rings. The molecule has 1 N–H and O–H groups in total. The van der Waals surface area contributed by atoms with Gasteiger partial charge in [0.15, 0.2) is 0 Å². The maximum absolute atomic E-state index is 11.7. The fraction of sp³-hybridized carbons (Fsp3) is 0.214. The van der Waals surface area contributed by atoms with Crippen molar-refractivity contribution in [2.24, 2.45) is 7.05 Å². The summed E-state index contributed by atoms with van der Waals surface area (Å²) in [6.07, 6.45) is 1.97. The smallest absolute Gasteiger partial charge is 0.339 e. The molecule has 5 heteroatoms. The molecule has 100 valence electrons. The summed E-state index contributed by atoms with van der Waals surface area (Å²) in [7, 11) is 3.33. The average molecular weight is 279 g/mol. The van der Waals surface area contributed by atoms with E-state index in [1.54, 1.807) is 18.2 Å². The Morgan fingerprint density at radius 3 is 2.84 bits per heavy atom. The Hall–Kier alpha value is -1.94. The first-order valence-corrected chi connectivity index (χ1v) is 6.21. The van der Waals surface area contributed by atoms with Gasteiger partial charge < -0.3 is 14.6 Å². The number of aryl methyl sites for hydroxylation is 1. The maximum atomic E-state index is 11.7. The van der Waals surface area contributed by atoms with E-state index in [0.29, 0.717) is 22.8 Å². The second kappa shape index (κ2) is 5.80. The van der Waals surface area contributed by atoms with Crippen LogP contribution in [0.4, 0.5) is 5.69 Å². The third kappa shape index (κ3) is 3.09. The van der Waals surface area contributed by atoms with Gasteiger partial charge in [0.2, 0.25) is 0 Å². The Kier molecular flexibility index (Phi) is 4.12. The molecule has 0 aliphatic rings. The number of halogens is 1. The van der Waals surface area contributed by atoms with Crippen LogP contribution in [0.1, 0.15) is 16.1 Å². The fourth-order valence-electron chi connectivity index (χ4n) is 1.82. The van der Waals surface area contributed by atoms with Crippen LogP contribution in [0.5, 0.6) is 0 Å². The van der Waals surface area contributed by atoms with Crippen molar-refractivity contribution in [1.82, 2.24) is 4.57 Å². The van der Waals surface area contributed by atoms with E-state index in [1.165, 1.54) is 7.11 Å². The van der Waals surface area contributed by atoms with Crippen LogP contribution >= 0.6 is 11.6 Å². The van der Waals surface area contributed by atoms with Crippen LogP contribution in [0.15, 0.2) is 36.5 Å². The number of hydrogen-bond acceptors (Lipinski definition) is 3. The number of hydrogen-bond donors (Lipinski definition) is 1. The van der Waals surface area contributed by atoms with Gasteiger partial charge in [0.25, 0.3) is 0 Å². The van der Waals surface area contributed by atoms with Crippen LogP contribution in [-0.2, 0) is 18.3 Å². The molecule has 0 fully saturated rings.